The number of hydrogen-bond acceptors (Lipinski definition) is 6. The van der Waals surface area contributed by atoms with E-state index in [0.717, 1.165) is 27.9 Å². The molecule has 110 valence electrons. The number of thioether (sulfide) groups is 2. The molecule has 21 heavy (non-hydrogen) atoms. The Bertz CT molecular complexity index is 671. The van der Waals surface area contributed by atoms with E-state index in [9.17, 15) is 4.79 Å². The summed E-state index contributed by atoms with van der Waals surface area (Å²) in [7, 11) is 0. The first-order chi connectivity index (χ1) is 10.1. The zero-order valence-corrected chi connectivity index (χ0v) is 14.0. The number of nitrogens with zero attached hydrogens (tertiary/aromatic N) is 2. The van der Waals surface area contributed by atoms with Crippen LogP contribution < -0.4 is 10.6 Å². The maximum atomic E-state index is 12.5. The number of rotatable bonds is 3. The lowest BCUT2D eigenvalue weighted by molar-refractivity contribution is -0.116. The van der Waals surface area contributed by atoms with E-state index in [1.165, 1.54) is 28.0 Å². The second kappa shape index (κ2) is 6.29. The molecule has 2 aromatic rings. The normalized spacial score (nSPS) is 14.0. The molecule has 2 N–H and O–H groups in total. The van der Waals surface area contributed by atoms with Crippen molar-refractivity contribution in [2.24, 2.45) is 0 Å². The number of hydrogen-bond donors (Lipinski definition) is 1. The van der Waals surface area contributed by atoms with Gasteiger partial charge in [-0.15, -0.1) is 23.5 Å². The number of nitrogens with two attached hydrogens (primary N) is 1. The topological polar surface area (TPSA) is 59.2 Å². The van der Waals surface area contributed by atoms with Crippen molar-refractivity contribution in [1.82, 2.24) is 4.98 Å². The van der Waals surface area contributed by atoms with E-state index >= 15 is 0 Å². The van der Waals surface area contributed by atoms with E-state index < -0.39 is 0 Å². The lowest BCUT2D eigenvalue weighted by Crippen LogP contribution is -2.36. The van der Waals surface area contributed by atoms with Gasteiger partial charge in [-0.1, -0.05) is 23.5 Å². The van der Waals surface area contributed by atoms with E-state index in [2.05, 4.69) is 11.1 Å². The Hall–Kier alpha value is -1.18. The number of carbonyl (C=O) groups excluding carboxylic acids is 1. The summed E-state index contributed by atoms with van der Waals surface area (Å²) in [6, 6.07) is 8.07. The molecular formula is C14H15N3OS3. The van der Waals surface area contributed by atoms with Gasteiger partial charge in [-0.05, 0) is 19.1 Å². The number of amides is 1. The van der Waals surface area contributed by atoms with Crippen molar-refractivity contribution in [3.05, 3.63) is 30.0 Å². The quantitative estimate of drug-likeness (QED) is 0.871. The molecule has 0 saturated carbocycles. The highest BCUT2D eigenvalue weighted by atomic mass is 32.2. The fourth-order valence-corrected chi connectivity index (χ4v) is 5.06. The van der Waals surface area contributed by atoms with Crippen LogP contribution in [0.15, 0.2) is 33.4 Å². The van der Waals surface area contributed by atoms with Crippen LogP contribution in [0.1, 0.15) is 5.69 Å². The molecule has 1 amide bonds. The first-order valence-corrected chi connectivity index (χ1v) is 9.32. The molecule has 1 aliphatic rings. The van der Waals surface area contributed by atoms with Crippen LogP contribution in [0, 0.1) is 6.92 Å². The Balaban J connectivity index is 1.70. The van der Waals surface area contributed by atoms with E-state index in [4.69, 9.17) is 5.73 Å². The van der Waals surface area contributed by atoms with Crippen molar-refractivity contribution in [1.29, 1.82) is 0 Å². The summed E-state index contributed by atoms with van der Waals surface area (Å²) in [6.07, 6.45) is 0. The summed E-state index contributed by atoms with van der Waals surface area (Å²) in [5.74, 6) is 1.50. The number of aromatic nitrogens is 1. The summed E-state index contributed by atoms with van der Waals surface area (Å²) in [4.78, 5) is 19.8. The van der Waals surface area contributed by atoms with Crippen molar-refractivity contribution < 1.29 is 4.79 Å². The predicted octanol–water partition coefficient (Wildman–Crippen LogP) is 3.26. The number of thiazole rings is 1. The number of para-hydroxylation sites is 1. The first-order valence-electron chi connectivity index (χ1n) is 6.53. The minimum atomic E-state index is 0.138. The highest BCUT2D eigenvalue weighted by Gasteiger charge is 2.23. The first kappa shape index (κ1) is 14.7. The molecule has 0 unspecified atom stereocenters. The van der Waals surface area contributed by atoms with Gasteiger partial charge in [0.05, 0.1) is 21.3 Å². The molecule has 0 bridgehead atoms. The Morgan fingerprint density at radius 1 is 1.48 bits per heavy atom. The molecular weight excluding hydrogens is 322 g/mol. The van der Waals surface area contributed by atoms with Crippen molar-refractivity contribution >= 4 is 51.6 Å². The molecule has 1 aliphatic heterocycles. The molecule has 3 rings (SSSR count). The van der Waals surface area contributed by atoms with Gasteiger partial charge in [0.15, 0.2) is 5.13 Å². The van der Waals surface area contributed by atoms with Crippen LogP contribution >= 0.6 is 34.9 Å². The SMILES string of the molecule is Cc1nc(N)sc1SCC(=O)N1CCSc2ccccc21. The standard InChI is InChI=1S/C14H15N3OS3/c1-9-13(21-14(15)16-9)20-8-12(18)17-6-7-19-11-5-3-2-4-10(11)17/h2-5H,6-8H2,1H3,(H2,15,16). The van der Waals surface area contributed by atoms with Crippen molar-refractivity contribution in [2.75, 3.05) is 28.7 Å². The Morgan fingerprint density at radius 3 is 3.05 bits per heavy atom. The maximum Gasteiger partial charge on any atom is 0.237 e. The third-order valence-electron chi connectivity index (χ3n) is 3.13. The Kier molecular flexibility index (Phi) is 4.42. The smallest absolute Gasteiger partial charge is 0.237 e. The monoisotopic (exact) mass is 337 g/mol. The molecule has 0 atom stereocenters. The summed E-state index contributed by atoms with van der Waals surface area (Å²) in [5, 5.41) is 0.558. The fourth-order valence-electron chi connectivity index (χ4n) is 2.17. The molecule has 0 radical (unpaired) electrons. The molecule has 0 saturated heterocycles. The molecule has 4 nitrogen and oxygen atoms in total. The van der Waals surface area contributed by atoms with E-state index in [1.54, 1.807) is 11.8 Å². The van der Waals surface area contributed by atoms with E-state index in [0.29, 0.717) is 10.9 Å². The van der Waals surface area contributed by atoms with Crippen molar-refractivity contribution in [2.45, 2.75) is 16.0 Å². The lowest BCUT2D eigenvalue weighted by Gasteiger charge is -2.28. The zero-order chi connectivity index (χ0) is 14.8. The van der Waals surface area contributed by atoms with Gasteiger partial charge in [-0.25, -0.2) is 4.98 Å². The number of anilines is 2. The predicted molar refractivity (Wildman–Crippen MR) is 91.5 cm³/mol. The van der Waals surface area contributed by atoms with Gasteiger partial charge in [0.25, 0.3) is 0 Å². The van der Waals surface area contributed by atoms with Crippen molar-refractivity contribution in [3.63, 3.8) is 0 Å². The third-order valence-corrected chi connectivity index (χ3v) is 6.50. The number of fused-ring (bicyclic) bond motifs is 1. The molecule has 1 aromatic heterocycles. The third kappa shape index (κ3) is 3.20. The minimum absolute atomic E-state index is 0.138. The van der Waals surface area contributed by atoms with Crippen LogP contribution in [-0.2, 0) is 4.79 Å². The van der Waals surface area contributed by atoms with Gasteiger partial charge >= 0.3 is 0 Å². The molecule has 2 heterocycles. The summed E-state index contributed by atoms with van der Waals surface area (Å²) in [6.45, 7) is 2.69. The largest absolute Gasteiger partial charge is 0.375 e. The van der Waals surface area contributed by atoms with Gasteiger partial charge in [-0.3, -0.25) is 4.79 Å². The van der Waals surface area contributed by atoms with Gasteiger partial charge in [0.2, 0.25) is 5.91 Å². The van der Waals surface area contributed by atoms with Crippen molar-refractivity contribution in [3.8, 4) is 0 Å². The summed E-state index contributed by atoms with van der Waals surface area (Å²) in [5.41, 5.74) is 7.62. The fraction of sp³-hybridized carbons (Fsp3) is 0.286. The van der Waals surface area contributed by atoms with Crippen LogP contribution in [0.5, 0.6) is 0 Å². The average molecular weight is 337 g/mol. The minimum Gasteiger partial charge on any atom is -0.375 e. The lowest BCUT2D eigenvalue weighted by atomic mass is 10.3. The van der Waals surface area contributed by atoms with Gasteiger partial charge in [0.1, 0.15) is 0 Å². The maximum absolute atomic E-state index is 12.5. The molecule has 0 spiro atoms. The van der Waals surface area contributed by atoms with Crippen LogP contribution in [0.2, 0.25) is 0 Å². The van der Waals surface area contributed by atoms with Crippen LogP contribution in [0.25, 0.3) is 0 Å². The summed E-state index contributed by atoms with van der Waals surface area (Å²) >= 11 is 4.77. The number of carbonyl (C=O) groups is 1. The van der Waals surface area contributed by atoms with Crippen LogP contribution in [0.4, 0.5) is 10.8 Å². The Morgan fingerprint density at radius 2 is 2.29 bits per heavy atom. The highest BCUT2D eigenvalue weighted by molar-refractivity contribution is 8.01. The average Bonchev–Trinajstić information content (AvgIpc) is 2.82. The molecule has 7 heteroatoms. The van der Waals surface area contributed by atoms with Gasteiger partial charge < -0.3 is 10.6 Å². The van der Waals surface area contributed by atoms with Gasteiger partial charge in [-0.2, -0.15) is 0 Å². The van der Waals surface area contributed by atoms with E-state index in [-0.39, 0.29) is 5.91 Å². The second-order valence-electron chi connectivity index (χ2n) is 4.58. The van der Waals surface area contributed by atoms with Crippen LogP contribution in [0.3, 0.4) is 0 Å². The number of nitrogen functional groups attached to an aromatic ring is 1. The highest BCUT2D eigenvalue weighted by Crippen LogP contribution is 2.36. The number of benzene rings is 1. The molecule has 0 aliphatic carbocycles. The Labute approximate surface area is 136 Å². The second-order valence-corrected chi connectivity index (χ2v) is 7.99. The zero-order valence-electron chi connectivity index (χ0n) is 11.5. The summed E-state index contributed by atoms with van der Waals surface area (Å²) < 4.78 is 1.03. The van der Waals surface area contributed by atoms with Crippen LogP contribution in [-0.4, -0.2) is 28.9 Å². The molecule has 1 aromatic carbocycles. The van der Waals surface area contributed by atoms with E-state index in [1.807, 2.05) is 30.0 Å². The molecule has 0 fully saturated rings. The number of aryl methyl sites for hydroxylation is 1. The van der Waals surface area contributed by atoms with Gasteiger partial charge in [0, 0.05) is 17.2 Å².